The molecular weight excluding hydrogens is 378 g/mol. The van der Waals surface area contributed by atoms with Crippen molar-refractivity contribution < 1.29 is 18.0 Å². The molecule has 29 heavy (non-hydrogen) atoms. The second kappa shape index (κ2) is 8.14. The van der Waals surface area contributed by atoms with Crippen LogP contribution in [0.3, 0.4) is 0 Å². The van der Waals surface area contributed by atoms with Crippen LogP contribution in [0.25, 0.3) is 11.5 Å². The fraction of sp³-hybridized carbons (Fsp3) is 0.381. The number of ether oxygens (including phenoxy) is 1. The fourth-order valence-electron chi connectivity index (χ4n) is 3.26. The van der Waals surface area contributed by atoms with Crippen LogP contribution in [0.5, 0.6) is 5.75 Å². The lowest BCUT2D eigenvalue weighted by atomic mass is 10.1. The molecule has 0 atom stereocenters. The molecule has 4 rings (SSSR count). The summed E-state index contributed by atoms with van der Waals surface area (Å²) in [5, 5.41) is 4.01. The van der Waals surface area contributed by atoms with Crippen molar-refractivity contribution in [1.29, 1.82) is 0 Å². The van der Waals surface area contributed by atoms with Gasteiger partial charge in [-0.25, -0.2) is 13.8 Å². The fourth-order valence-corrected chi connectivity index (χ4v) is 3.26. The standard InChI is InChI=1S/C21H22F2N4O2/c1-13(2)20-25-21(29-26-20)14-5-8-24-19(11-14)27-9-6-16(7-10-27)28-18-4-3-15(22)12-17(18)23/h3-5,8,11-13,16H,6-7,9-10H2,1-2H3. The van der Waals surface area contributed by atoms with Gasteiger partial charge in [0.2, 0.25) is 0 Å². The largest absolute Gasteiger partial charge is 0.487 e. The number of rotatable bonds is 5. The van der Waals surface area contributed by atoms with E-state index >= 15 is 0 Å². The molecule has 8 heteroatoms. The lowest BCUT2D eigenvalue weighted by Gasteiger charge is -2.33. The summed E-state index contributed by atoms with van der Waals surface area (Å²) < 4.78 is 37.9. The third-order valence-corrected chi connectivity index (χ3v) is 4.90. The van der Waals surface area contributed by atoms with Gasteiger partial charge in [-0.2, -0.15) is 4.98 Å². The first-order valence-corrected chi connectivity index (χ1v) is 9.66. The lowest BCUT2D eigenvalue weighted by Crippen LogP contribution is -2.38. The summed E-state index contributed by atoms with van der Waals surface area (Å²) in [6, 6.07) is 7.14. The van der Waals surface area contributed by atoms with E-state index in [9.17, 15) is 8.78 Å². The van der Waals surface area contributed by atoms with E-state index in [1.165, 1.54) is 12.1 Å². The molecule has 0 amide bonds. The van der Waals surface area contributed by atoms with Crippen molar-refractivity contribution in [3.63, 3.8) is 0 Å². The smallest absolute Gasteiger partial charge is 0.258 e. The first-order valence-electron chi connectivity index (χ1n) is 9.66. The molecule has 0 spiro atoms. The molecule has 0 unspecified atom stereocenters. The van der Waals surface area contributed by atoms with Crippen LogP contribution in [-0.4, -0.2) is 34.3 Å². The zero-order valence-electron chi connectivity index (χ0n) is 16.3. The summed E-state index contributed by atoms with van der Waals surface area (Å²) in [5.41, 5.74) is 0.821. The van der Waals surface area contributed by atoms with E-state index in [-0.39, 0.29) is 17.8 Å². The maximum absolute atomic E-state index is 13.8. The van der Waals surface area contributed by atoms with Gasteiger partial charge in [-0.15, -0.1) is 0 Å². The molecule has 2 aromatic heterocycles. The van der Waals surface area contributed by atoms with Gasteiger partial charge >= 0.3 is 0 Å². The molecule has 3 aromatic rings. The molecule has 0 bridgehead atoms. The van der Waals surface area contributed by atoms with E-state index in [0.717, 1.165) is 17.4 Å². The number of anilines is 1. The maximum atomic E-state index is 13.8. The SMILES string of the molecule is CC(C)c1noc(-c2ccnc(N3CCC(Oc4ccc(F)cc4F)CC3)c2)n1. The number of piperidine rings is 1. The Kier molecular flexibility index (Phi) is 5.42. The Morgan fingerprint density at radius 3 is 2.62 bits per heavy atom. The van der Waals surface area contributed by atoms with Gasteiger partial charge in [-0.05, 0) is 24.3 Å². The highest BCUT2D eigenvalue weighted by molar-refractivity contribution is 5.58. The first kappa shape index (κ1) is 19.3. The van der Waals surface area contributed by atoms with Gasteiger partial charge in [0.15, 0.2) is 17.4 Å². The molecule has 152 valence electrons. The number of pyridine rings is 1. The first-order chi connectivity index (χ1) is 14.0. The minimum atomic E-state index is -0.679. The quantitative estimate of drug-likeness (QED) is 0.625. The number of nitrogens with zero attached hydrogens (tertiary/aromatic N) is 4. The third-order valence-electron chi connectivity index (χ3n) is 4.90. The Labute approximate surface area is 167 Å². The van der Waals surface area contributed by atoms with Gasteiger partial charge < -0.3 is 14.2 Å². The third kappa shape index (κ3) is 4.36. The lowest BCUT2D eigenvalue weighted by molar-refractivity contribution is 0.163. The molecule has 1 aliphatic rings. The van der Waals surface area contributed by atoms with Gasteiger partial charge in [-0.1, -0.05) is 19.0 Å². The van der Waals surface area contributed by atoms with Crippen LogP contribution in [-0.2, 0) is 0 Å². The zero-order chi connectivity index (χ0) is 20.4. The van der Waals surface area contributed by atoms with Crippen LogP contribution in [0.2, 0.25) is 0 Å². The Morgan fingerprint density at radius 1 is 1.14 bits per heavy atom. The Balaban J connectivity index is 1.40. The van der Waals surface area contributed by atoms with Crippen molar-refractivity contribution in [2.45, 2.75) is 38.7 Å². The molecule has 0 aliphatic carbocycles. The van der Waals surface area contributed by atoms with Crippen molar-refractivity contribution in [3.05, 3.63) is 54.0 Å². The van der Waals surface area contributed by atoms with E-state index in [1.807, 2.05) is 26.0 Å². The van der Waals surface area contributed by atoms with E-state index < -0.39 is 11.6 Å². The maximum Gasteiger partial charge on any atom is 0.258 e. The van der Waals surface area contributed by atoms with E-state index in [0.29, 0.717) is 37.6 Å². The predicted octanol–water partition coefficient (Wildman–Crippen LogP) is 4.58. The topological polar surface area (TPSA) is 64.3 Å². The average Bonchev–Trinajstić information content (AvgIpc) is 3.22. The van der Waals surface area contributed by atoms with Gasteiger partial charge in [0, 0.05) is 49.7 Å². The molecule has 0 radical (unpaired) electrons. The molecule has 6 nitrogen and oxygen atoms in total. The monoisotopic (exact) mass is 400 g/mol. The highest BCUT2D eigenvalue weighted by atomic mass is 19.1. The van der Waals surface area contributed by atoms with E-state index in [4.69, 9.17) is 9.26 Å². The number of aromatic nitrogens is 3. The average molecular weight is 400 g/mol. The molecule has 0 N–H and O–H groups in total. The Bertz CT molecular complexity index is 984. The molecule has 1 aromatic carbocycles. The summed E-state index contributed by atoms with van der Waals surface area (Å²) >= 11 is 0. The highest BCUT2D eigenvalue weighted by Crippen LogP contribution is 2.27. The second-order valence-electron chi connectivity index (χ2n) is 7.39. The van der Waals surface area contributed by atoms with Crippen molar-refractivity contribution in [1.82, 2.24) is 15.1 Å². The summed E-state index contributed by atoms with van der Waals surface area (Å²) in [4.78, 5) is 11.0. The Hall–Kier alpha value is -3.03. The summed E-state index contributed by atoms with van der Waals surface area (Å²) in [6.07, 6.45) is 3.01. The van der Waals surface area contributed by atoms with Crippen LogP contribution in [0.15, 0.2) is 41.1 Å². The molecule has 1 saturated heterocycles. The van der Waals surface area contributed by atoms with Crippen LogP contribution in [0, 0.1) is 11.6 Å². The van der Waals surface area contributed by atoms with Gasteiger partial charge in [-0.3, -0.25) is 0 Å². The minimum absolute atomic E-state index is 0.0855. The normalized spacial score (nSPS) is 15.1. The number of benzene rings is 1. The van der Waals surface area contributed by atoms with E-state index in [1.54, 1.807) is 6.20 Å². The summed E-state index contributed by atoms with van der Waals surface area (Å²) in [7, 11) is 0. The van der Waals surface area contributed by atoms with Crippen LogP contribution in [0.1, 0.15) is 38.4 Å². The Morgan fingerprint density at radius 2 is 1.93 bits per heavy atom. The summed E-state index contributed by atoms with van der Waals surface area (Å²) in [6.45, 7) is 5.45. The van der Waals surface area contributed by atoms with Crippen molar-refractivity contribution in [3.8, 4) is 17.2 Å². The van der Waals surface area contributed by atoms with Crippen molar-refractivity contribution in [2.75, 3.05) is 18.0 Å². The molecule has 1 aliphatic heterocycles. The second-order valence-corrected chi connectivity index (χ2v) is 7.39. The molecular formula is C21H22F2N4O2. The number of hydrogen-bond donors (Lipinski definition) is 0. The highest BCUT2D eigenvalue weighted by Gasteiger charge is 2.23. The predicted molar refractivity (Wildman–Crippen MR) is 104 cm³/mol. The van der Waals surface area contributed by atoms with Crippen LogP contribution in [0.4, 0.5) is 14.6 Å². The molecule has 3 heterocycles. The van der Waals surface area contributed by atoms with Gasteiger partial charge in [0.25, 0.3) is 5.89 Å². The van der Waals surface area contributed by atoms with Crippen LogP contribution >= 0.6 is 0 Å². The van der Waals surface area contributed by atoms with Gasteiger partial charge in [0.1, 0.15) is 17.7 Å². The molecule has 0 saturated carbocycles. The van der Waals surface area contributed by atoms with Crippen LogP contribution < -0.4 is 9.64 Å². The molecule has 1 fully saturated rings. The van der Waals surface area contributed by atoms with Crippen molar-refractivity contribution >= 4 is 5.82 Å². The van der Waals surface area contributed by atoms with E-state index in [2.05, 4.69) is 20.0 Å². The number of halogens is 2. The number of hydrogen-bond acceptors (Lipinski definition) is 6. The summed E-state index contributed by atoms with van der Waals surface area (Å²) in [5.74, 6) is 0.950. The zero-order valence-corrected chi connectivity index (χ0v) is 16.3. The van der Waals surface area contributed by atoms with Crippen molar-refractivity contribution in [2.24, 2.45) is 0 Å². The van der Waals surface area contributed by atoms with Gasteiger partial charge in [0.05, 0.1) is 0 Å². The minimum Gasteiger partial charge on any atom is -0.487 e.